The van der Waals surface area contributed by atoms with E-state index in [1.54, 1.807) is 0 Å². The Bertz CT molecular complexity index is 461. The Hall–Kier alpha value is -0.690. The molecule has 0 radical (unpaired) electrons. The van der Waals surface area contributed by atoms with Gasteiger partial charge in [-0.25, -0.2) is 0 Å². The predicted octanol–water partition coefficient (Wildman–Crippen LogP) is 2.57. The summed E-state index contributed by atoms with van der Waals surface area (Å²) in [6, 6.07) is 7.51. The summed E-state index contributed by atoms with van der Waals surface area (Å²) in [6.07, 6.45) is 2.99. The van der Waals surface area contributed by atoms with E-state index in [2.05, 4.69) is 22.6 Å². The fourth-order valence-corrected chi connectivity index (χ4v) is 2.83. The molecule has 1 aromatic rings. The maximum Gasteiger partial charge on any atom is 0.254 e. The second-order valence-electron chi connectivity index (χ2n) is 4.42. The molecule has 0 bridgehead atoms. The topological polar surface area (TPSA) is 46.3 Å². The third-order valence-corrected chi connectivity index (χ3v) is 4.17. The van der Waals surface area contributed by atoms with Crippen molar-refractivity contribution in [1.82, 2.24) is 4.90 Å². The number of thiocarbonyl (C=S) groups is 1. The number of rotatable bonds is 2. The van der Waals surface area contributed by atoms with Crippen molar-refractivity contribution in [2.75, 3.05) is 6.54 Å². The van der Waals surface area contributed by atoms with E-state index in [4.69, 9.17) is 18.0 Å². The molecule has 0 aromatic heterocycles. The first-order chi connectivity index (χ1) is 8.59. The molecular weight excluding hydrogens is 359 g/mol. The van der Waals surface area contributed by atoms with Crippen LogP contribution in [0.3, 0.4) is 0 Å². The first-order valence-corrected chi connectivity index (χ1v) is 7.44. The molecule has 1 heterocycles. The fraction of sp³-hybridized carbons (Fsp3) is 0.385. The molecule has 1 aromatic carbocycles. The van der Waals surface area contributed by atoms with E-state index >= 15 is 0 Å². The highest BCUT2D eigenvalue weighted by Gasteiger charge is 2.29. The zero-order valence-electron chi connectivity index (χ0n) is 9.93. The summed E-state index contributed by atoms with van der Waals surface area (Å²) in [7, 11) is 0. The van der Waals surface area contributed by atoms with Gasteiger partial charge >= 0.3 is 0 Å². The number of amides is 1. The zero-order valence-corrected chi connectivity index (χ0v) is 12.9. The van der Waals surface area contributed by atoms with Crippen LogP contribution in [0.15, 0.2) is 24.3 Å². The monoisotopic (exact) mass is 374 g/mol. The molecule has 1 fully saturated rings. The number of likely N-dealkylation sites (tertiary alicyclic amines) is 1. The van der Waals surface area contributed by atoms with Gasteiger partial charge in [0.1, 0.15) is 0 Å². The van der Waals surface area contributed by atoms with Crippen LogP contribution in [0, 0.1) is 3.57 Å². The van der Waals surface area contributed by atoms with Gasteiger partial charge in [0, 0.05) is 15.7 Å². The third-order valence-electron chi connectivity index (χ3n) is 3.18. The molecule has 1 atom stereocenters. The Balaban J connectivity index is 2.20. The lowest BCUT2D eigenvalue weighted by atomic mass is 10.0. The van der Waals surface area contributed by atoms with Crippen LogP contribution in [0.4, 0.5) is 0 Å². The minimum Gasteiger partial charge on any atom is -0.392 e. The van der Waals surface area contributed by atoms with Crippen LogP contribution in [-0.4, -0.2) is 28.4 Å². The van der Waals surface area contributed by atoms with Crippen LogP contribution < -0.4 is 5.73 Å². The highest BCUT2D eigenvalue weighted by atomic mass is 127. The molecule has 2 N–H and O–H groups in total. The summed E-state index contributed by atoms with van der Waals surface area (Å²) in [6.45, 7) is 0.743. The highest BCUT2D eigenvalue weighted by Crippen LogP contribution is 2.20. The van der Waals surface area contributed by atoms with Gasteiger partial charge < -0.3 is 10.6 Å². The van der Waals surface area contributed by atoms with Gasteiger partial charge in [-0.1, -0.05) is 12.2 Å². The number of hydrogen-bond donors (Lipinski definition) is 1. The van der Waals surface area contributed by atoms with Crippen molar-refractivity contribution < 1.29 is 4.79 Å². The number of carbonyl (C=O) groups is 1. The number of piperidine rings is 1. The normalized spacial score (nSPS) is 19.6. The van der Waals surface area contributed by atoms with Crippen molar-refractivity contribution >= 4 is 45.7 Å². The van der Waals surface area contributed by atoms with E-state index < -0.39 is 0 Å². The molecule has 1 saturated heterocycles. The van der Waals surface area contributed by atoms with Crippen molar-refractivity contribution in [1.29, 1.82) is 0 Å². The number of hydrogen-bond acceptors (Lipinski definition) is 2. The average Bonchev–Trinajstić information content (AvgIpc) is 2.39. The summed E-state index contributed by atoms with van der Waals surface area (Å²) < 4.78 is 1.12. The smallest absolute Gasteiger partial charge is 0.254 e. The summed E-state index contributed by atoms with van der Waals surface area (Å²) in [5.41, 5.74) is 6.44. The molecule has 1 aliphatic heterocycles. The van der Waals surface area contributed by atoms with Crippen LogP contribution in [0.1, 0.15) is 29.6 Å². The average molecular weight is 374 g/mol. The van der Waals surface area contributed by atoms with E-state index in [0.717, 1.165) is 29.4 Å². The lowest BCUT2D eigenvalue weighted by molar-refractivity contribution is 0.0681. The van der Waals surface area contributed by atoms with Gasteiger partial charge in [-0.05, 0) is 66.1 Å². The maximum absolute atomic E-state index is 12.4. The second kappa shape index (κ2) is 5.97. The highest BCUT2D eigenvalue weighted by molar-refractivity contribution is 14.1. The molecular formula is C13H15IN2OS. The zero-order chi connectivity index (χ0) is 13.1. The first kappa shape index (κ1) is 13.7. The Morgan fingerprint density at radius 3 is 2.61 bits per heavy atom. The van der Waals surface area contributed by atoms with Crippen LogP contribution in [-0.2, 0) is 0 Å². The van der Waals surface area contributed by atoms with Gasteiger partial charge in [0.2, 0.25) is 0 Å². The van der Waals surface area contributed by atoms with Crippen molar-refractivity contribution in [3.05, 3.63) is 33.4 Å². The van der Waals surface area contributed by atoms with E-state index in [-0.39, 0.29) is 11.9 Å². The Kier molecular flexibility index (Phi) is 4.55. The van der Waals surface area contributed by atoms with Gasteiger partial charge in [0.05, 0.1) is 11.0 Å². The molecule has 1 unspecified atom stereocenters. The molecule has 5 heteroatoms. The summed E-state index contributed by atoms with van der Waals surface area (Å²) in [4.78, 5) is 14.7. The van der Waals surface area contributed by atoms with Crippen molar-refractivity contribution in [3.63, 3.8) is 0 Å². The molecule has 1 aliphatic rings. The fourth-order valence-electron chi connectivity index (χ4n) is 2.23. The molecule has 0 spiro atoms. The van der Waals surface area contributed by atoms with Gasteiger partial charge in [0.25, 0.3) is 5.91 Å². The van der Waals surface area contributed by atoms with Gasteiger partial charge in [-0.2, -0.15) is 0 Å². The van der Waals surface area contributed by atoms with Crippen LogP contribution >= 0.6 is 34.8 Å². The van der Waals surface area contributed by atoms with Crippen LogP contribution in [0.25, 0.3) is 0 Å². The SMILES string of the molecule is NC(=S)C1CCCCN1C(=O)c1ccc(I)cc1. The third kappa shape index (κ3) is 3.00. The minimum absolute atomic E-state index is 0.0314. The largest absolute Gasteiger partial charge is 0.392 e. The van der Waals surface area contributed by atoms with E-state index in [0.29, 0.717) is 10.6 Å². The number of nitrogens with two attached hydrogens (primary N) is 1. The lowest BCUT2D eigenvalue weighted by Gasteiger charge is -2.35. The van der Waals surface area contributed by atoms with Gasteiger partial charge in [-0.3, -0.25) is 4.79 Å². The van der Waals surface area contributed by atoms with Crippen LogP contribution in [0.2, 0.25) is 0 Å². The number of nitrogens with zero attached hydrogens (tertiary/aromatic N) is 1. The quantitative estimate of drug-likeness (QED) is 0.640. The van der Waals surface area contributed by atoms with E-state index in [1.807, 2.05) is 29.2 Å². The Morgan fingerprint density at radius 2 is 2.00 bits per heavy atom. The van der Waals surface area contributed by atoms with Gasteiger partial charge in [0.15, 0.2) is 0 Å². The Labute approximate surface area is 126 Å². The standard InChI is InChI=1S/C13H15IN2OS/c14-10-6-4-9(5-7-10)13(17)16-8-2-1-3-11(16)12(15)18/h4-7,11H,1-3,8H2,(H2,15,18). The lowest BCUT2D eigenvalue weighted by Crippen LogP contribution is -2.49. The minimum atomic E-state index is -0.0828. The van der Waals surface area contributed by atoms with Crippen LogP contribution in [0.5, 0.6) is 0 Å². The number of carbonyl (C=O) groups excluding carboxylic acids is 1. The van der Waals surface area contributed by atoms with Gasteiger partial charge in [-0.15, -0.1) is 0 Å². The van der Waals surface area contributed by atoms with Crippen molar-refractivity contribution in [3.8, 4) is 0 Å². The summed E-state index contributed by atoms with van der Waals surface area (Å²) >= 11 is 7.29. The predicted molar refractivity (Wildman–Crippen MR) is 84.6 cm³/mol. The summed E-state index contributed by atoms with van der Waals surface area (Å²) in [5.74, 6) is 0.0314. The molecule has 0 aliphatic carbocycles. The molecule has 18 heavy (non-hydrogen) atoms. The molecule has 2 rings (SSSR count). The molecule has 96 valence electrons. The Morgan fingerprint density at radius 1 is 1.33 bits per heavy atom. The van der Waals surface area contributed by atoms with Crippen molar-refractivity contribution in [2.45, 2.75) is 25.3 Å². The summed E-state index contributed by atoms with van der Waals surface area (Å²) in [5, 5.41) is 0. The van der Waals surface area contributed by atoms with Crippen molar-refractivity contribution in [2.24, 2.45) is 5.73 Å². The molecule has 1 amide bonds. The maximum atomic E-state index is 12.4. The van der Waals surface area contributed by atoms with E-state index in [9.17, 15) is 4.79 Å². The van der Waals surface area contributed by atoms with E-state index in [1.165, 1.54) is 0 Å². The first-order valence-electron chi connectivity index (χ1n) is 5.95. The second-order valence-corrected chi connectivity index (χ2v) is 6.14. The molecule has 0 saturated carbocycles. The number of halogens is 1. The molecule has 3 nitrogen and oxygen atoms in total. The number of benzene rings is 1.